The van der Waals surface area contributed by atoms with E-state index in [9.17, 15) is 14.7 Å². The average molecular weight is 392 g/mol. The number of aliphatic hydroxyl groups excluding tert-OH is 1. The lowest BCUT2D eigenvalue weighted by Gasteiger charge is -2.08. The zero-order valence-corrected chi connectivity index (χ0v) is 17.3. The van der Waals surface area contributed by atoms with Crippen molar-refractivity contribution in [2.45, 2.75) is 83.8 Å². The van der Waals surface area contributed by atoms with E-state index < -0.39 is 12.0 Å². The van der Waals surface area contributed by atoms with Crippen LogP contribution in [0, 0.1) is 0 Å². The molecule has 0 aliphatic carbocycles. The van der Waals surface area contributed by atoms with Gasteiger partial charge >= 0.3 is 5.97 Å². The number of carbonyl (C=O) groups excluding carboxylic acids is 1. The molecule has 5 heteroatoms. The summed E-state index contributed by atoms with van der Waals surface area (Å²) in [4.78, 5) is 22.1. The summed E-state index contributed by atoms with van der Waals surface area (Å²) in [7, 11) is 0. The molecule has 2 atom stereocenters. The van der Waals surface area contributed by atoms with Crippen LogP contribution in [0.1, 0.15) is 71.6 Å². The zero-order chi connectivity index (χ0) is 21.0. The molecule has 0 spiro atoms. The predicted octanol–water partition coefficient (Wildman–Crippen LogP) is 4.69. The first-order valence-corrected chi connectivity index (χ1v) is 10.3. The van der Waals surface area contributed by atoms with Crippen LogP contribution in [0.3, 0.4) is 0 Å². The van der Waals surface area contributed by atoms with Crippen LogP contribution in [0.25, 0.3) is 0 Å². The van der Waals surface area contributed by atoms with Gasteiger partial charge in [-0.15, -0.1) is 0 Å². The van der Waals surface area contributed by atoms with Gasteiger partial charge < -0.3 is 15.5 Å². The van der Waals surface area contributed by atoms with E-state index in [0.717, 1.165) is 32.1 Å². The van der Waals surface area contributed by atoms with Gasteiger partial charge in [0.1, 0.15) is 6.04 Å². The number of amides is 1. The molecule has 0 aromatic heterocycles. The smallest absolute Gasteiger partial charge is 0.325 e. The van der Waals surface area contributed by atoms with Crippen LogP contribution in [0.15, 0.2) is 48.6 Å². The minimum absolute atomic E-state index is 0.225. The van der Waals surface area contributed by atoms with Gasteiger partial charge in [-0.1, -0.05) is 74.8 Å². The molecule has 28 heavy (non-hydrogen) atoms. The minimum atomic E-state index is -1.02. The monoisotopic (exact) mass is 391 g/mol. The summed E-state index contributed by atoms with van der Waals surface area (Å²) < 4.78 is 0. The third-order valence-electron chi connectivity index (χ3n) is 4.08. The van der Waals surface area contributed by atoms with E-state index in [1.165, 1.54) is 19.8 Å². The highest BCUT2D eigenvalue weighted by atomic mass is 16.4. The number of hydrogen-bond acceptors (Lipinski definition) is 3. The Kier molecular flexibility index (Phi) is 16.8. The number of carboxylic acid groups (broad SMARTS) is 1. The van der Waals surface area contributed by atoms with Crippen LogP contribution >= 0.6 is 0 Å². The summed E-state index contributed by atoms with van der Waals surface area (Å²) in [6, 6.07) is -0.839. The second-order valence-corrected chi connectivity index (χ2v) is 6.81. The standard InChI is InChI=1S/C23H37NO4/c1-3-4-14-17-21(25)18-15-12-10-8-6-5-7-9-11-13-16-19-22(26)24-20(2)23(27)28/h5-6,9-12,15,18,20-21,25H,3-4,7-8,13-14,16-17,19H2,1-2H3,(H,24,26)(H,27,28)/b6-5-,11-9-,12-10-,18-15+/t20-,21-/m0/s1. The maximum atomic E-state index is 11.5. The Labute approximate surface area is 169 Å². The number of carboxylic acids is 1. The van der Waals surface area contributed by atoms with Crippen molar-refractivity contribution in [1.82, 2.24) is 5.32 Å². The average Bonchev–Trinajstić information content (AvgIpc) is 2.65. The van der Waals surface area contributed by atoms with Crippen molar-refractivity contribution in [3.05, 3.63) is 48.6 Å². The molecule has 0 saturated carbocycles. The van der Waals surface area contributed by atoms with E-state index in [1.54, 1.807) is 0 Å². The first-order chi connectivity index (χ1) is 13.5. The number of nitrogens with one attached hydrogen (secondary N) is 1. The normalized spacial score (nSPS) is 14.4. The summed E-state index contributed by atoms with van der Waals surface area (Å²) in [5.41, 5.74) is 0. The van der Waals surface area contributed by atoms with Crippen molar-refractivity contribution in [2.75, 3.05) is 0 Å². The van der Waals surface area contributed by atoms with Gasteiger partial charge in [-0.05, 0) is 39.0 Å². The molecule has 0 aliphatic heterocycles. The first kappa shape index (κ1) is 25.9. The Hall–Kier alpha value is -2.14. The van der Waals surface area contributed by atoms with Crippen molar-refractivity contribution in [3.63, 3.8) is 0 Å². The largest absolute Gasteiger partial charge is 0.480 e. The second-order valence-electron chi connectivity index (χ2n) is 6.81. The Morgan fingerprint density at radius 2 is 1.64 bits per heavy atom. The van der Waals surface area contributed by atoms with E-state index in [-0.39, 0.29) is 12.0 Å². The van der Waals surface area contributed by atoms with Crippen molar-refractivity contribution >= 4 is 11.9 Å². The number of carbonyl (C=O) groups is 2. The molecule has 0 unspecified atom stereocenters. The van der Waals surface area contributed by atoms with Gasteiger partial charge in [-0.3, -0.25) is 9.59 Å². The molecule has 0 saturated heterocycles. The number of unbranched alkanes of at least 4 members (excludes halogenated alkanes) is 3. The van der Waals surface area contributed by atoms with Crippen LogP contribution in [-0.4, -0.2) is 34.2 Å². The van der Waals surface area contributed by atoms with Gasteiger partial charge in [0.05, 0.1) is 6.10 Å². The lowest BCUT2D eigenvalue weighted by Crippen LogP contribution is -2.38. The predicted molar refractivity (Wildman–Crippen MR) is 115 cm³/mol. The van der Waals surface area contributed by atoms with Crippen molar-refractivity contribution < 1.29 is 19.8 Å². The number of rotatable bonds is 16. The van der Waals surface area contributed by atoms with Gasteiger partial charge in [-0.25, -0.2) is 0 Å². The number of aliphatic hydroxyl groups is 1. The van der Waals surface area contributed by atoms with E-state index in [2.05, 4.69) is 30.5 Å². The van der Waals surface area contributed by atoms with Crippen molar-refractivity contribution in [3.8, 4) is 0 Å². The third-order valence-corrected chi connectivity index (χ3v) is 4.08. The highest BCUT2D eigenvalue weighted by Crippen LogP contribution is 2.04. The second kappa shape index (κ2) is 18.2. The van der Waals surface area contributed by atoms with Gasteiger partial charge in [0.15, 0.2) is 0 Å². The fourth-order valence-electron chi connectivity index (χ4n) is 2.37. The maximum absolute atomic E-state index is 11.5. The van der Waals surface area contributed by atoms with Gasteiger partial charge in [0, 0.05) is 6.42 Å². The van der Waals surface area contributed by atoms with E-state index >= 15 is 0 Å². The lowest BCUT2D eigenvalue weighted by atomic mass is 10.1. The Morgan fingerprint density at radius 1 is 0.964 bits per heavy atom. The summed E-state index contributed by atoms with van der Waals surface area (Å²) in [6.07, 6.45) is 23.5. The molecular weight excluding hydrogens is 354 g/mol. The lowest BCUT2D eigenvalue weighted by molar-refractivity contribution is -0.141. The molecule has 5 nitrogen and oxygen atoms in total. The van der Waals surface area contributed by atoms with Crippen molar-refractivity contribution in [2.24, 2.45) is 0 Å². The minimum Gasteiger partial charge on any atom is -0.480 e. The fourth-order valence-corrected chi connectivity index (χ4v) is 2.37. The van der Waals surface area contributed by atoms with E-state index in [0.29, 0.717) is 12.8 Å². The molecule has 0 bridgehead atoms. The van der Waals surface area contributed by atoms with Crippen LogP contribution in [0.2, 0.25) is 0 Å². The topological polar surface area (TPSA) is 86.6 Å². The highest BCUT2D eigenvalue weighted by molar-refractivity contribution is 5.83. The summed E-state index contributed by atoms with van der Waals surface area (Å²) in [5, 5.41) is 20.9. The number of aliphatic carboxylic acids is 1. The van der Waals surface area contributed by atoms with Crippen LogP contribution < -0.4 is 5.32 Å². The summed E-state index contributed by atoms with van der Waals surface area (Å²) in [6.45, 7) is 3.61. The molecule has 0 heterocycles. The fraction of sp³-hybridized carbons (Fsp3) is 0.565. The molecule has 158 valence electrons. The Bertz CT molecular complexity index is 535. The molecular formula is C23H37NO4. The maximum Gasteiger partial charge on any atom is 0.325 e. The third kappa shape index (κ3) is 17.3. The quantitative estimate of drug-likeness (QED) is 0.202. The van der Waals surface area contributed by atoms with Gasteiger partial charge in [0.25, 0.3) is 0 Å². The molecule has 0 aromatic rings. The summed E-state index contributed by atoms with van der Waals surface area (Å²) >= 11 is 0. The van der Waals surface area contributed by atoms with Gasteiger partial charge in [0.2, 0.25) is 5.91 Å². The molecule has 1 amide bonds. The summed E-state index contributed by atoms with van der Waals surface area (Å²) in [5.74, 6) is -1.25. The van der Waals surface area contributed by atoms with Gasteiger partial charge in [-0.2, -0.15) is 0 Å². The van der Waals surface area contributed by atoms with Crippen LogP contribution in [0.4, 0.5) is 0 Å². The van der Waals surface area contributed by atoms with E-state index in [1.807, 2.05) is 30.4 Å². The molecule has 0 aromatic carbocycles. The molecule has 0 radical (unpaired) electrons. The highest BCUT2D eigenvalue weighted by Gasteiger charge is 2.12. The van der Waals surface area contributed by atoms with E-state index in [4.69, 9.17) is 5.11 Å². The van der Waals surface area contributed by atoms with Crippen molar-refractivity contribution in [1.29, 1.82) is 0 Å². The molecule has 0 aliphatic rings. The SMILES string of the molecule is CCCCC[C@H](O)/C=C/C=C\C/C=C\C/C=C\CCCC(=O)N[C@@H](C)C(=O)O. The Balaban J connectivity index is 3.68. The molecule has 3 N–H and O–H groups in total. The first-order valence-electron chi connectivity index (χ1n) is 10.3. The number of allylic oxidation sites excluding steroid dienone is 7. The Morgan fingerprint density at radius 3 is 2.32 bits per heavy atom. The molecule has 0 rings (SSSR count). The zero-order valence-electron chi connectivity index (χ0n) is 17.3. The van der Waals surface area contributed by atoms with Crippen LogP contribution in [-0.2, 0) is 9.59 Å². The van der Waals surface area contributed by atoms with Crippen LogP contribution in [0.5, 0.6) is 0 Å². The molecule has 0 fully saturated rings. The number of hydrogen-bond donors (Lipinski definition) is 3.